The Morgan fingerprint density at radius 3 is 2.69 bits per heavy atom. The highest BCUT2D eigenvalue weighted by Gasteiger charge is 2.30. The maximum Gasteiger partial charge on any atom is 0.405 e. The lowest BCUT2D eigenvalue weighted by molar-refractivity contribution is -0.140. The van der Waals surface area contributed by atoms with E-state index in [9.17, 15) is 22.0 Å². The summed E-state index contributed by atoms with van der Waals surface area (Å²) in [5.74, 6) is -0.268. The lowest BCUT2D eigenvalue weighted by Gasteiger charge is -2.23. The summed E-state index contributed by atoms with van der Waals surface area (Å²) in [5.41, 5.74) is 1.94. The molecule has 154 valence electrons. The second-order valence-corrected chi connectivity index (χ2v) is 6.72. The highest BCUT2D eigenvalue weighted by Crippen LogP contribution is 2.32. The monoisotopic (exact) mass is 431 g/mol. The third kappa shape index (κ3) is 6.15. The van der Waals surface area contributed by atoms with Crippen LogP contribution in [-0.4, -0.2) is 42.1 Å². The Labute approximate surface area is 168 Å². The largest absolute Gasteiger partial charge is 0.416 e. The number of halogens is 6. The normalized spacial score (nSPS) is 14.3. The van der Waals surface area contributed by atoms with Crippen molar-refractivity contribution in [1.82, 2.24) is 9.88 Å². The maximum absolute atomic E-state index is 12.7. The van der Waals surface area contributed by atoms with Crippen molar-refractivity contribution < 1.29 is 26.7 Å². The van der Waals surface area contributed by atoms with Gasteiger partial charge in [0.15, 0.2) is 0 Å². The van der Waals surface area contributed by atoms with Crippen LogP contribution in [-0.2, 0) is 6.42 Å². The van der Waals surface area contributed by atoms with E-state index in [-0.39, 0.29) is 19.0 Å². The van der Waals surface area contributed by atoms with Gasteiger partial charge in [-0.1, -0.05) is 23.7 Å². The summed E-state index contributed by atoms with van der Waals surface area (Å²) in [7, 11) is 0. The third-order valence-corrected chi connectivity index (χ3v) is 4.14. The van der Waals surface area contributed by atoms with Gasteiger partial charge >= 0.3 is 12.8 Å². The Kier molecular flexibility index (Phi) is 6.36. The zero-order valence-corrected chi connectivity index (χ0v) is 15.6. The average molecular weight is 432 g/mol. The van der Waals surface area contributed by atoms with Crippen LogP contribution in [0.5, 0.6) is 5.88 Å². The van der Waals surface area contributed by atoms with Crippen molar-refractivity contribution in [3.63, 3.8) is 0 Å². The van der Waals surface area contributed by atoms with Gasteiger partial charge in [-0.25, -0.2) is 4.98 Å². The summed E-state index contributed by atoms with van der Waals surface area (Å²) < 4.78 is 67.8. The number of aromatic nitrogens is 1. The molecule has 0 atom stereocenters. The molecular weight excluding hydrogens is 417 g/mol. The maximum atomic E-state index is 12.7. The summed E-state index contributed by atoms with van der Waals surface area (Å²) in [6, 6.07) is 8.12. The molecule has 1 aromatic heterocycles. The smallest absolute Gasteiger partial charge is 0.405 e. The minimum absolute atomic E-state index is 0.0871. The number of nitrogens with zero attached hydrogens (tertiary/aromatic N) is 3. The van der Waals surface area contributed by atoms with E-state index in [0.717, 1.165) is 4.90 Å². The van der Waals surface area contributed by atoms with E-state index in [0.29, 0.717) is 27.3 Å². The number of alkyl halides is 5. The molecule has 2 aromatic rings. The molecule has 0 radical (unpaired) electrons. The van der Waals surface area contributed by atoms with Crippen molar-refractivity contribution in [3.8, 4) is 17.0 Å². The molecule has 4 nitrogen and oxygen atoms in total. The minimum Gasteiger partial charge on any atom is -0.416 e. The first-order valence-electron chi connectivity index (χ1n) is 8.40. The quantitative estimate of drug-likeness (QED) is 0.580. The molecule has 1 aliphatic heterocycles. The zero-order valence-electron chi connectivity index (χ0n) is 14.8. The summed E-state index contributed by atoms with van der Waals surface area (Å²) >= 11 is 5.98. The molecule has 0 unspecified atom stereocenters. The zero-order chi connectivity index (χ0) is 21.0. The lowest BCUT2D eigenvalue weighted by atomic mass is 10.0. The first-order valence-corrected chi connectivity index (χ1v) is 8.78. The first-order chi connectivity index (χ1) is 13.7. The van der Waals surface area contributed by atoms with E-state index < -0.39 is 19.3 Å². The third-order valence-electron chi connectivity index (χ3n) is 3.90. The highest BCUT2D eigenvalue weighted by atomic mass is 35.5. The average Bonchev–Trinajstić information content (AvgIpc) is 2.61. The van der Waals surface area contributed by atoms with Gasteiger partial charge in [0.1, 0.15) is 13.2 Å². The molecule has 0 bridgehead atoms. The molecule has 3 rings (SSSR count). The molecular formula is C19H15ClF5N3O. The number of hydrogen-bond acceptors (Lipinski definition) is 4. The second kappa shape index (κ2) is 8.77. The van der Waals surface area contributed by atoms with Crippen molar-refractivity contribution in [2.75, 3.05) is 13.2 Å². The second-order valence-electron chi connectivity index (χ2n) is 6.28. The standard InChI is InChI=1S/C19H15ClF5N3O/c20-15-3-1-2-14(6-15)16-5-12(8-27-17(16)29-18(21)22)4-13-7-26-11-28(9-13)10-19(23,24)25/h1-3,5-9,18H,4,10-11H2. The molecule has 29 heavy (non-hydrogen) atoms. The van der Waals surface area contributed by atoms with Gasteiger partial charge in [0.25, 0.3) is 0 Å². The summed E-state index contributed by atoms with van der Waals surface area (Å²) in [5, 5.41) is 0.404. The van der Waals surface area contributed by atoms with E-state index in [1.165, 1.54) is 18.6 Å². The van der Waals surface area contributed by atoms with E-state index in [1.54, 1.807) is 30.3 Å². The van der Waals surface area contributed by atoms with Gasteiger partial charge in [0.2, 0.25) is 5.88 Å². The van der Waals surface area contributed by atoms with Crippen LogP contribution in [0.25, 0.3) is 11.1 Å². The summed E-state index contributed by atoms with van der Waals surface area (Å²) in [4.78, 5) is 8.95. The number of allylic oxidation sites excluding steroid dienone is 1. The Morgan fingerprint density at radius 2 is 2.00 bits per heavy atom. The van der Waals surface area contributed by atoms with Crippen LogP contribution in [0.15, 0.2) is 53.3 Å². The van der Waals surface area contributed by atoms with Gasteiger partial charge in [-0.15, -0.1) is 0 Å². The van der Waals surface area contributed by atoms with Crippen LogP contribution in [0.2, 0.25) is 5.02 Å². The number of rotatable bonds is 6. The van der Waals surface area contributed by atoms with Gasteiger partial charge in [0.05, 0.1) is 0 Å². The van der Waals surface area contributed by atoms with Crippen LogP contribution >= 0.6 is 11.6 Å². The van der Waals surface area contributed by atoms with E-state index in [2.05, 4.69) is 14.7 Å². The van der Waals surface area contributed by atoms with E-state index in [1.807, 2.05) is 0 Å². The number of aliphatic imine (C=N–C) groups is 1. The van der Waals surface area contributed by atoms with E-state index in [4.69, 9.17) is 11.6 Å². The number of benzene rings is 1. The lowest BCUT2D eigenvalue weighted by Crippen LogP contribution is -2.32. The highest BCUT2D eigenvalue weighted by molar-refractivity contribution is 6.30. The number of ether oxygens (including phenoxy) is 1. The molecule has 0 spiro atoms. The van der Waals surface area contributed by atoms with Gasteiger partial charge < -0.3 is 9.64 Å². The van der Waals surface area contributed by atoms with Gasteiger partial charge in [-0.3, -0.25) is 4.99 Å². The molecule has 1 aromatic carbocycles. The van der Waals surface area contributed by atoms with Crippen LogP contribution < -0.4 is 4.74 Å². The van der Waals surface area contributed by atoms with Crippen LogP contribution in [0.1, 0.15) is 5.56 Å². The Morgan fingerprint density at radius 1 is 1.21 bits per heavy atom. The molecule has 1 aliphatic rings. The molecule has 0 fully saturated rings. The van der Waals surface area contributed by atoms with Crippen molar-refractivity contribution in [3.05, 3.63) is 58.9 Å². The van der Waals surface area contributed by atoms with Gasteiger partial charge in [-0.05, 0) is 34.9 Å². The number of pyridine rings is 1. The predicted octanol–water partition coefficient (Wildman–Crippen LogP) is 5.34. The first kappa shape index (κ1) is 21.0. The van der Waals surface area contributed by atoms with Crippen LogP contribution in [0, 0.1) is 0 Å². The van der Waals surface area contributed by atoms with Crippen LogP contribution in [0.4, 0.5) is 22.0 Å². The molecule has 0 amide bonds. The van der Waals surface area contributed by atoms with Gasteiger partial charge in [0, 0.05) is 35.6 Å². The topological polar surface area (TPSA) is 37.7 Å². The molecule has 0 N–H and O–H groups in total. The molecule has 0 saturated heterocycles. The fourth-order valence-corrected chi connectivity index (χ4v) is 3.05. The van der Waals surface area contributed by atoms with E-state index >= 15 is 0 Å². The Balaban J connectivity index is 1.88. The SMILES string of the molecule is FC(F)Oc1ncc(CC2=CN(CC(F)(F)F)CN=C2)cc1-c1cccc(Cl)c1. The fourth-order valence-electron chi connectivity index (χ4n) is 2.86. The molecule has 10 heteroatoms. The van der Waals surface area contributed by atoms with Crippen molar-refractivity contribution in [2.45, 2.75) is 19.2 Å². The summed E-state index contributed by atoms with van der Waals surface area (Å²) in [6.07, 6.45) is 0.0686. The molecule has 2 heterocycles. The van der Waals surface area contributed by atoms with Crippen LogP contribution in [0.3, 0.4) is 0 Å². The molecule has 0 saturated carbocycles. The van der Waals surface area contributed by atoms with Gasteiger partial charge in [-0.2, -0.15) is 22.0 Å². The number of hydrogen-bond donors (Lipinski definition) is 0. The fraction of sp³-hybridized carbons (Fsp3) is 0.263. The van der Waals surface area contributed by atoms with Crippen molar-refractivity contribution >= 4 is 17.8 Å². The molecule has 0 aliphatic carbocycles. The summed E-state index contributed by atoms with van der Waals surface area (Å²) in [6.45, 7) is -4.26. The Hall–Kier alpha value is -2.68. The van der Waals surface area contributed by atoms with Crippen molar-refractivity contribution in [2.24, 2.45) is 4.99 Å². The minimum atomic E-state index is -4.34. The Bertz CT molecular complexity index is 930. The predicted molar refractivity (Wildman–Crippen MR) is 99.2 cm³/mol. The van der Waals surface area contributed by atoms with Crippen molar-refractivity contribution in [1.29, 1.82) is 0 Å².